The number of para-hydroxylation sites is 1. The van der Waals surface area contributed by atoms with Gasteiger partial charge in [-0.25, -0.2) is 9.59 Å². The van der Waals surface area contributed by atoms with Crippen LogP contribution < -0.4 is 5.69 Å². The van der Waals surface area contributed by atoms with Crippen LogP contribution in [0.3, 0.4) is 0 Å². The van der Waals surface area contributed by atoms with Gasteiger partial charge < -0.3 is 4.74 Å². The van der Waals surface area contributed by atoms with E-state index >= 15 is 0 Å². The number of nitriles is 1. The Hall–Kier alpha value is -3.85. The molecule has 0 radical (unpaired) electrons. The van der Waals surface area contributed by atoms with Crippen molar-refractivity contribution in [1.29, 1.82) is 5.26 Å². The van der Waals surface area contributed by atoms with Crippen LogP contribution in [0.4, 0.5) is 0 Å². The Kier molecular flexibility index (Phi) is 4.81. The molecule has 0 saturated heterocycles. The van der Waals surface area contributed by atoms with Gasteiger partial charge in [-0.3, -0.25) is 9.13 Å². The highest BCUT2D eigenvalue weighted by molar-refractivity contribution is 5.86. The van der Waals surface area contributed by atoms with Gasteiger partial charge in [-0.1, -0.05) is 18.2 Å². The van der Waals surface area contributed by atoms with Crippen molar-refractivity contribution >= 4 is 12.0 Å². The monoisotopic (exact) mass is 345 g/mol. The largest absolute Gasteiger partial charge is 0.466 e. The van der Waals surface area contributed by atoms with Crippen LogP contribution >= 0.6 is 0 Å². The number of hydrogen-bond acceptors (Lipinski definition) is 4. The van der Waals surface area contributed by atoms with E-state index in [1.807, 2.05) is 24.3 Å². The maximum Gasteiger partial charge on any atom is 0.337 e. The van der Waals surface area contributed by atoms with Crippen molar-refractivity contribution in [3.63, 3.8) is 0 Å². The van der Waals surface area contributed by atoms with Crippen LogP contribution in [0.15, 0.2) is 71.7 Å². The van der Waals surface area contributed by atoms with Crippen molar-refractivity contribution in [2.24, 2.45) is 0 Å². The first-order chi connectivity index (χ1) is 12.6. The van der Waals surface area contributed by atoms with E-state index in [0.717, 1.165) is 0 Å². The minimum absolute atomic E-state index is 0.287. The lowest BCUT2D eigenvalue weighted by Crippen LogP contribution is -2.22. The highest BCUT2D eigenvalue weighted by Gasteiger charge is 2.13. The number of benzene rings is 2. The summed E-state index contributed by atoms with van der Waals surface area (Å²) in [7, 11) is 1.29. The fourth-order valence-corrected chi connectivity index (χ4v) is 2.52. The number of hydrogen-bond donors (Lipinski definition) is 0. The molecule has 1 aromatic heterocycles. The molecule has 0 spiro atoms. The van der Waals surface area contributed by atoms with Crippen LogP contribution in [0, 0.1) is 11.3 Å². The molecular weight excluding hydrogens is 330 g/mol. The molecule has 2 aromatic carbocycles. The Balaban J connectivity index is 2.16. The molecule has 0 bridgehead atoms. The summed E-state index contributed by atoms with van der Waals surface area (Å²) in [4.78, 5) is 24.4. The number of esters is 1. The van der Waals surface area contributed by atoms with E-state index in [1.165, 1.54) is 28.4 Å². The summed E-state index contributed by atoms with van der Waals surface area (Å²) in [6.45, 7) is 0. The molecule has 6 heteroatoms. The van der Waals surface area contributed by atoms with Crippen molar-refractivity contribution in [2.45, 2.75) is 0 Å². The van der Waals surface area contributed by atoms with E-state index in [1.54, 1.807) is 42.6 Å². The van der Waals surface area contributed by atoms with Gasteiger partial charge in [0, 0.05) is 12.3 Å². The van der Waals surface area contributed by atoms with Gasteiger partial charge in [0.25, 0.3) is 0 Å². The van der Waals surface area contributed by atoms with Crippen LogP contribution in [-0.2, 0) is 9.53 Å². The van der Waals surface area contributed by atoms with E-state index in [2.05, 4.69) is 4.74 Å². The molecule has 0 fully saturated rings. The van der Waals surface area contributed by atoms with Crippen LogP contribution in [0.5, 0.6) is 0 Å². The molecule has 26 heavy (non-hydrogen) atoms. The molecule has 0 atom stereocenters. The van der Waals surface area contributed by atoms with Crippen molar-refractivity contribution in [2.75, 3.05) is 7.11 Å². The maximum absolute atomic E-state index is 13.0. The van der Waals surface area contributed by atoms with E-state index in [9.17, 15) is 9.59 Å². The SMILES string of the molecule is COC(=O)C=Cc1cn(-c2ccc(C#N)cc2)c(=O)n1-c1ccccc1. The Morgan fingerprint density at radius 3 is 2.38 bits per heavy atom. The fraction of sp³-hybridized carbons (Fsp3) is 0.0500. The third-order valence-electron chi connectivity index (χ3n) is 3.80. The molecule has 0 aliphatic heterocycles. The summed E-state index contributed by atoms with van der Waals surface area (Å²) in [6, 6.07) is 17.9. The third-order valence-corrected chi connectivity index (χ3v) is 3.80. The molecule has 1 heterocycles. The van der Waals surface area contributed by atoms with E-state index in [4.69, 9.17) is 5.26 Å². The standard InChI is InChI=1S/C20H15N3O3/c1-26-19(24)12-11-18-14-22(16-9-7-15(13-21)8-10-16)20(25)23(18)17-5-3-2-4-6-17/h2-12,14H,1H3. The molecule has 0 N–H and O–H groups in total. The Labute approximate surface area is 149 Å². The Bertz CT molecular complexity index is 1050. The predicted octanol–water partition coefficient (Wildman–Crippen LogP) is 2.69. The molecule has 3 rings (SSSR count). The number of carbonyl (C=O) groups excluding carboxylic acids is 1. The van der Waals surface area contributed by atoms with E-state index < -0.39 is 5.97 Å². The molecule has 0 aliphatic carbocycles. The smallest absolute Gasteiger partial charge is 0.337 e. The predicted molar refractivity (Wildman–Crippen MR) is 97.1 cm³/mol. The lowest BCUT2D eigenvalue weighted by atomic mass is 10.2. The normalized spacial score (nSPS) is 10.6. The average molecular weight is 345 g/mol. The quantitative estimate of drug-likeness (QED) is 0.538. The zero-order valence-corrected chi connectivity index (χ0v) is 14.0. The first kappa shape index (κ1) is 17.0. The topological polar surface area (TPSA) is 77.0 Å². The van der Waals surface area contributed by atoms with Crippen LogP contribution in [0.2, 0.25) is 0 Å². The molecule has 0 unspecified atom stereocenters. The van der Waals surface area contributed by atoms with E-state index in [0.29, 0.717) is 22.6 Å². The second-order valence-corrected chi connectivity index (χ2v) is 5.39. The Morgan fingerprint density at radius 2 is 1.77 bits per heavy atom. The van der Waals surface area contributed by atoms with Gasteiger partial charge in [-0.05, 0) is 42.5 Å². The van der Waals surface area contributed by atoms with Crippen molar-refractivity contribution in [3.8, 4) is 17.4 Å². The fourth-order valence-electron chi connectivity index (χ4n) is 2.52. The highest BCUT2D eigenvalue weighted by atomic mass is 16.5. The molecule has 0 aliphatic rings. The number of imidazole rings is 1. The molecule has 0 amide bonds. The number of methoxy groups -OCH3 is 1. The second kappa shape index (κ2) is 7.36. The van der Waals surface area contributed by atoms with E-state index in [-0.39, 0.29) is 5.69 Å². The Morgan fingerprint density at radius 1 is 1.08 bits per heavy atom. The summed E-state index contributed by atoms with van der Waals surface area (Å²) < 4.78 is 7.58. The minimum Gasteiger partial charge on any atom is -0.466 e. The summed E-state index contributed by atoms with van der Waals surface area (Å²) in [6.07, 6.45) is 4.42. The average Bonchev–Trinajstić information content (AvgIpc) is 3.03. The zero-order chi connectivity index (χ0) is 18.5. The van der Waals surface area contributed by atoms with Crippen molar-refractivity contribution in [3.05, 3.63) is 88.6 Å². The summed E-state index contributed by atoms with van der Waals surface area (Å²) >= 11 is 0. The number of carbonyl (C=O) groups is 1. The second-order valence-electron chi connectivity index (χ2n) is 5.39. The molecule has 128 valence electrons. The number of aromatic nitrogens is 2. The van der Waals surface area contributed by atoms with Crippen molar-refractivity contribution < 1.29 is 9.53 Å². The van der Waals surface area contributed by atoms with Gasteiger partial charge in [0.15, 0.2) is 0 Å². The summed E-state index contributed by atoms with van der Waals surface area (Å²) in [5.74, 6) is -0.511. The zero-order valence-electron chi connectivity index (χ0n) is 14.0. The summed E-state index contributed by atoms with van der Waals surface area (Å²) in [5, 5.41) is 8.92. The van der Waals surface area contributed by atoms with Crippen LogP contribution in [0.1, 0.15) is 11.3 Å². The maximum atomic E-state index is 13.0. The lowest BCUT2D eigenvalue weighted by molar-refractivity contribution is -0.134. The van der Waals surface area contributed by atoms with Gasteiger partial charge in [-0.15, -0.1) is 0 Å². The van der Waals surface area contributed by atoms with Crippen molar-refractivity contribution in [1.82, 2.24) is 9.13 Å². The third kappa shape index (κ3) is 3.32. The van der Waals surface area contributed by atoms with Gasteiger partial charge in [0.2, 0.25) is 0 Å². The molecular formula is C20H15N3O3. The molecule has 6 nitrogen and oxygen atoms in total. The van der Waals surface area contributed by atoms with Gasteiger partial charge in [-0.2, -0.15) is 5.26 Å². The molecule has 0 saturated carbocycles. The highest BCUT2D eigenvalue weighted by Crippen LogP contribution is 2.14. The van der Waals surface area contributed by atoms with Gasteiger partial charge in [0.1, 0.15) is 0 Å². The first-order valence-corrected chi connectivity index (χ1v) is 7.80. The molecule has 3 aromatic rings. The number of ether oxygens (including phenoxy) is 1. The van der Waals surface area contributed by atoms with Gasteiger partial charge >= 0.3 is 11.7 Å². The first-order valence-electron chi connectivity index (χ1n) is 7.80. The van der Waals surface area contributed by atoms with Crippen LogP contribution in [-0.4, -0.2) is 22.2 Å². The van der Waals surface area contributed by atoms with Crippen LogP contribution in [0.25, 0.3) is 17.5 Å². The minimum atomic E-state index is -0.511. The number of nitrogens with zero attached hydrogens (tertiary/aromatic N) is 3. The van der Waals surface area contributed by atoms with Gasteiger partial charge in [0.05, 0.1) is 35.8 Å². The summed E-state index contributed by atoms with van der Waals surface area (Å²) in [5.41, 5.74) is 2.04. The lowest BCUT2D eigenvalue weighted by Gasteiger charge is -2.04. The number of rotatable bonds is 4.